The van der Waals surface area contributed by atoms with Crippen LogP contribution < -0.4 is 0 Å². The highest BCUT2D eigenvalue weighted by atomic mass is 16.7. The van der Waals surface area contributed by atoms with Crippen molar-refractivity contribution in [3.05, 3.63) is 35.9 Å². The number of hydrogen-bond donors (Lipinski definition) is 0. The third-order valence-corrected chi connectivity index (χ3v) is 1.63. The zero-order valence-electron chi connectivity index (χ0n) is 8.32. The maximum absolute atomic E-state index is 11.4. The standard InChI is InChI=1S/C11H13O3/c1-3-13-9(2)14-11(12)10-7-5-4-6-8-10/h5-9H,3H2,1-2H3. The molecular weight excluding hydrogens is 180 g/mol. The molecule has 3 heteroatoms. The zero-order chi connectivity index (χ0) is 10.4. The average molecular weight is 193 g/mol. The number of rotatable bonds is 4. The van der Waals surface area contributed by atoms with E-state index in [-0.39, 0.29) is 5.97 Å². The monoisotopic (exact) mass is 193 g/mol. The van der Waals surface area contributed by atoms with Crippen LogP contribution in [0.5, 0.6) is 0 Å². The van der Waals surface area contributed by atoms with E-state index in [1.54, 1.807) is 31.2 Å². The molecule has 3 nitrogen and oxygen atoms in total. The second-order valence-corrected chi connectivity index (χ2v) is 2.72. The predicted molar refractivity (Wildman–Crippen MR) is 51.8 cm³/mol. The summed E-state index contributed by atoms with van der Waals surface area (Å²) in [5, 5.41) is 0. The van der Waals surface area contributed by atoms with Crippen molar-refractivity contribution in [1.82, 2.24) is 0 Å². The minimum Gasteiger partial charge on any atom is -0.432 e. The van der Waals surface area contributed by atoms with Gasteiger partial charge in [0.15, 0.2) is 6.29 Å². The van der Waals surface area contributed by atoms with Crippen molar-refractivity contribution in [2.24, 2.45) is 0 Å². The highest BCUT2D eigenvalue weighted by Gasteiger charge is 2.10. The minimum atomic E-state index is -0.503. The average Bonchev–Trinajstić information content (AvgIpc) is 2.19. The topological polar surface area (TPSA) is 35.5 Å². The van der Waals surface area contributed by atoms with Crippen LogP contribution in [0.25, 0.3) is 0 Å². The Hall–Kier alpha value is -1.35. The lowest BCUT2D eigenvalue weighted by Crippen LogP contribution is -2.18. The smallest absolute Gasteiger partial charge is 0.340 e. The first kappa shape index (κ1) is 10.7. The summed E-state index contributed by atoms with van der Waals surface area (Å²) in [7, 11) is 0. The van der Waals surface area contributed by atoms with Crippen LogP contribution >= 0.6 is 0 Å². The van der Waals surface area contributed by atoms with E-state index in [9.17, 15) is 4.79 Å². The Kier molecular flexibility index (Phi) is 4.13. The molecule has 0 amide bonds. The first-order chi connectivity index (χ1) is 6.74. The normalized spacial score (nSPS) is 12.1. The van der Waals surface area contributed by atoms with Gasteiger partial charge in [0.05, 0.1) is 5.56 Å². The highest BCUT2D eigenvalue weighted by molar-refractivity contribution is 5.89. The number of benzene rings is 1. The van der Waals surface area contributed by atoms with Crippen LogP contribution in [-0.4, -0.2) is 18.9 Å². The molecule has 1 unspecified atom stereocenters. The first-order valence-corrected chi connectivity index (χ1v) is 4.52. The Balaban J connectivity index is 2.51. The molecule has 0 saturated heterocycles. The third-order valence-electron chi connectivity index (χ3n) is 1.63. The van der Waals surface area contributed by atoms with Gasteiger partial charge in [-0.2, -0.15) is 0 Å². The summed E-state index contributed by atoms with van der Waals surface area (Å²) in [5.41, 5.74) is 0.510. The lowest BCUT2D eigenvalue weighted by Gasteiger charge is -2.12. The van der Waals surface area contributed by atoms with Gasteiger partial charge >= 0.3 is 5.97 Å². The Labute approximate surface area is 83.6 Å². The molecule has 0 spiro atoms. The zero-order valence-corrected chi connectivity index (χ0v) is 8.32. The van der Waals surface area contributed by atoms with Crippen molar-refractivity contribution < 1.29 is 14.3 Å². The van der Waals surface area contributed by atoms with E-state index in [0.29, 0.717) is 12.2 Å². The number of carbonyl (C=O) groups excluding carboxylic acids is 1. The highest BCUT2D eigenvalue weighted by Crippen LogP contribution is 2.03. The van der Waals surface area contributed by atoms with Crippen molar-refractivity contribution in [3.63, 3.8) is 0 Å². The summed E-state index contributed by atoms with van der Waals surface area (Å²) < 4.78 is 10.1. The summed E-state index contributed by atoms with van der Waals surface area (Å²) >= 11 is 0. The van der Waals surface area contributed by atoms with Gasteiger partial charge in [-0.25, -0.2) is 4.79 Å². The maximum atomic E-state index is 11.4. The van der Waals surface area contributed by atoms with Gasteiger partial charge in [-0.15, -0.1) is 0 Å². The largest absolute Gasteiger partial charge is 0.432 e. The predicted octanol–water partition coefficient (Wildman–Crippen LogP) is 2.03. The van der Waals surface area contributed by atoms with E-state index in [1.807, 2.05) is 6.92 Å². The molecule has 0 heterocycles. The van der Waals surface area contributed by atoms with Crippen LogP contribution in [0.2, 0.25) is 0 Å². The second kappa shape index (κ2) is 5.40. The third kappa shape index (κ3) is 3.18. The van der Waals surface area contributed by atoms with Crippen molar-refractivity contribution in [2.45, 2.75) is 20.1 Å². The van der Waals surface area contributed by atoms with Crippen molar-refractivity contribution in [2.75, 3.05) is 6.61 Å². The molecule has 1 radical (unpaired) electrons. The molecule has 0 fully saturated rings. The first-order valence-electron chi connectivity index (χ1n) is 4.52. The number of carbonyl (C=O) groups is 1. The van der Waals surface area contributed by atoms with Crippen LogP contribution in [0.4, 0.5) is 0 Å². The van der Waals surface area contributed by atoms with E-state index in [4.69, 9.17) is 9.47 Å². The molecule has 1 rings (SSSR count). The quantitative estimate of drug-likeness (QED) is 0.542. The Morgan fingerprint density at radius 3 is 2.71 bits per heavy atom. The fourth-order valence-corrected chi connectivity index (χ4v) is 1.01. The lowest BCUT2D eigenvalue weighted by atomic mass is 10.2. The molecule has 0 aliphatic heterocycles. The summed E-state index contributed by atoms with van der Waals surface area (Å²) in [4.78, 5) is 11.4. The van der Waals surface area contributed by atoms with Gasteiger partial charge in [0.1, 0.15) is 0 Å². The van der Waals surface area contributed by atoms with Crippen molar-refractivity contribution >= 4 is 5.97 Å². The molecule has 1 atom stereocenters. The molecule has 0 aromatic heterocycles. The Morgan fingerprint density at radius 1 is 1.50 bits per heavy atom. The number of esters is 1. The number of ether oxygens (including phenoxy) is 2. The number of hydrogen-bond acceptors (Lipinski definition) is 3. The van der Waals surface area contributed by atoms with Gasteiger partial charge in [-0.05, 0) is 32.0 Å². The van der Waals surface area contributed by atoms with Gasteiger partial charge < -0.3 is 9.47 Å². The van der Waals surface area contributed by atoms with Crippen molar-refractivity contribution in [1.29, 1.82) is 0 Å². The summed E-state index contributed by atoms with van der Waals surface area (Å²) in [6, 6.07) is 9.47. The summed E-state index contributed by atoms with van der Waals surface area (Å²) in [5.74, 6) is -0.375. The molecular formula is C11H13O3. The minimum absolute atomic E-state index is 0.375. The lowest BCUT2D eigenvalue weighted by molar-refractivity contribution is -0.0940. The molecule has 0 N–H and O–H groups in total. The molecule has 1 aromatic rings. The van der Waals surface area contributed by atoms with Gasteiger partial charge in [0.25, 0.3) is 0 Å². The molecule has 75 valence electrons. The molecule has 0 saturated carbocycles. The van der Waals surface area contributed by atoms with Gasteiger partial charge in [0.2, 0.25) is 0 Å². The van der Waals surface area contributed by atoms with Crippen LogP contribution in [-0.2, 0) is 9.47 Å². The molecule has 0 aliphatic rings. The fraction of sp³-hybridized carbons (Fsp3) is 0.364. The molecule has 1 aromatic carbocycles. The van der Waals surface area contributed by atoms with E-state index in [2.05, 4.69) is 6.07 Å². The SMILES string of the molecule is CCOC(C)OC(=O)c1cc[c]cc1. The molecule has 14 heavy (non-hydrogen) atoms. The van der Waals surface area contributed by atoms with Crippen LogP contribution in [0, 0.1) is 6.07 Å². The van der Waals surface area contributed by atoms with Crippen LogP contribution in [0.1, 0.15) is 24.2 Å². The Morgan fingerprint density at radius 2 is 2.14 bits per heavy atom. The van der Waals surface area contributed by atoms with E-state index >= 15 is 0 Å². The van der Waals surface area contributed by atoms with E-state index in [1.165, 1.54) is 0 Å². The molecule has 0 aliphatic carbocycles. The molecule has 0 bridgehead atoms. The van der Waals surface area contributed by atoms with Gasteiger partial charge in [-0.3, -0.25) is 0 Å². The fourth-order valence-electron chi connectivity index (χ4n) is 1.01. The van der Waals surface area contributed by atoms with Crippen LogP contribution in [0.15, 0.2) is 24.3 Å². The van der Waals surface area contributed by atoms with Crippen LogP contribution in [0.3, 0.4) is 0 Å². The van der Waals surface area contributed by atoms with Gasteiger partial charge in [-0.1, -0.05) is 12.1 Å². The summed E-state index contributed by atoms with van der Waals surface area (Å²) in [6.45, 7) is 4.06. The maximum Gasteiger partial charge on any atom is 0.340 e. The Bertz CT molecular complexity index is 282. The van der Waals surface area contributed by atoms with Gasteiger partial charge in [0, 0.05) is 6.61 Å². The van der Waals surface area contributed by atoms with E-state index in [0.717, 1.165) is 0 Å². The van der Waals surface area contributed by atoms with Crippen molar-refractivity contribution in [3.8, 4) is 0 Å². The van der Waals surface area contributed by atoms with E-state index < -0.39 is 6.29 Å². The summed E-state index contributed by atoms with van der Waals surface area (Å²) in [6.07, 6.45) is -0.503. The second-order valence-electron chi connectivity index (χ2n) is 2.72.